The zero-order valence-corrected chi connectivity index (χ0v) is 9.34. The molecular weight excluding hydrogens is 174 g/mol. The van der Waals surface area contributed by atoms with Crippen molar-refractivity contribution in [2.75, 3.05) is 13.1 Å². The van der Waals surface area contributed by atoms with E-state index < -0.39 is 0 Å². The molecule has 0 aromatic heterocycles. The Labute approximate surface area is 87.3 Å². The third-order valence-electron chi connectivity index (χ3n) is 4.11. The summed E-state index contributed by atoms with van der Waals surface area (Å²) in [6.07, 6.45) is 8.37. The van der Waals surface area contributed by atoms with Crippen LogP contribution in [-0.2, 0) is 0 Å². The number of aliphatic hydroxyl groups is 1. The Morgan fingerprint density at radius 3 is 2.57 bits per heavy atom. The molecule has 1 aliphatic heterocycles. The van der Waals surface area contributed by atoms with Gasteiger partial charge in [0.05, 0.1) is 5.60 Å². The highest BCUT2D eigenvalue weighted by atomic mass is 16.3. The SMILES string of the molecule is CCN1CCCCC1C1(O)CCCC1. The van der Waals surface area contributed by atoms with Crippen molar-refractivity contribution < 1.29 is 5.11 Å². The fourth-order valence-corrected chi connectivity index (χ4v) is 3.30. The summed E-state index contributed by atoms with van der Waals surface area (Å²) >= 11 is 0. The molecule has 2 rings (SSSR count). The van der Waals surface area contributed by atoms with Crippen molar-refractivity contribution >= 4 is 0 Å². The number of hydrogen-bond donors (Lipinski definition) is 1. The van der Waals surface area contributed by atoms with Crippen molar-refractivity contribution in [3.05, 3.63) is 0 Å². The van der Waals surface area contributed by atoms with Crippen LogP contribution in [0.5, 0.6) is 0 Å². The second-order valence-corrected chi connectivity index (χ2v) is 4.95. The van der Waals surface area contributed by atoms with Gasteiger partial charge in [-0.1, -0.05) is 26.2 Å². The average molecular weight is 197 g/mol. The molecule has 14 heavy (non-hydrogen) atoms. The zero-order valence-electron chi connectivity index (χ0n) is 9.34. The molecule has 1 aliphatic carbocycles. The van der Waals surface area contributed by atoms with E-state index in [1.165, 1.54) is 38.6 Å². The van der Waals surface area contributed by atoms with E-state index in [4.69, 9.17) is 0 Å². The molecule has 82 valence electrons. The van der Waals surface area contributed by atoms with Crippen LogP contribution < -0.4 is 0 Å². The van der Waals surface area contributed by atoms with Crippen LogP contribution in [-0.4, -0.2) is 34.7 Å². The predicted octanol–water partition coefficient (Wildman–Crippen LogP) is 2.17. The van der Waals surface area contributed by atoms with Gasteiger partial charge in [-0.3, -0.25) is 4.90 Å². The second-order valence-electron chi connectivity index (χ2n) is 4.95. The highest BCUT2D eigenvalue weighted by Gasteiger charge is 2.42. The summed E-state index contributed by atoms with van der Waals surface area (Å²) in [7, 11) is 0. The summed E-state index contributed by atoms with van der Waals surface area (Å²) in [6.45, 7) is 4.52. The Morgan fingerprint density at radius 2 is 1.93 bits per heavy atom. The third kappa shape index (κ3) is 1.82. The summed E-state index contributed by atoms with van der Waals surface area (Å²) in [5.74, 6) is 0. The summed E-state index contributed by atoms with van der Waals surface area (Å²) in [5.41, 5.74) is -0.337. The molecule has 1 saturated carbocycles. The fraction of sp³-hybridized carbons (Fsp3) is 1.00. The maximum Gasteiger partial charge on any atom is 0.0802 e. The monoisotopic (exact) mass is 197 g/mol. The van der Waals surface area contributed by atoms with E-state index in [0.717, 1.165) is 19.4 Å². The van der Waals surface area contributed by atoms with Crippen LogP contribution in [0.15, 0.2) is 0 Å². The quantitative estimate of drug-likeness (QED) is 0.733. The van der Waals surface area contributed by atoms with Gasteiger partial charge in [-0.2, -0.15) is 0 Å². The number of piperidine rings is 1. The van der Waals surface area contributed by atoms with Gasteiger partial charge in [-0.25, -0.2) is 0 Å². The fourth-order valence-electron chi connectivity index (χ4n) is 3.30. The van der Waals surface area contributed by atoms with E-state index in [9.17, 15) is 5.11 Å². The molecular formula is C12H23NO. The summed E-state index contributed by atoms with van der Waals surface area (Å²) in [5, 5.41) is 10.6. The van der Waals surface area contributed by atoms with Crippen molar-refractivity contribution in [1.29, 1.82) is 0 Å². The largest absolute Gasteiger partial charge is 0.388 e. The van der Waals surface area contributed by atoms with Crippen LogP contribution in [0.4, 0.5) is 0 Å². The molecule has 1 N–H and O–H groups in total. The van der Waals surface area contributed by atoms with Crippen LogP contribution in [0.2, 0.25) is 0 Å². The summed E-state index contributed by atoms with van der Waals surface area (Å²) in [6, 6.07) is 0.462. The Bertz CT molecular complexity index is 187. The van der Waals surface area contributed by atoms with Crippen molar-refractivity contribution in [2.24, 2.45) is 0 Å². The lowest BCUT2D eigenvalue weighted by Crippen LogP contribution is -2.53. The molecule has 2 nitrogen and oxygen atoms in total. The van der Waals surface area contributed by atoms with Gasteiger partial charge in [0.15, 0.2) is 0 Å². The maximum atomic E-state index is 10.6. The topological polar surface area (TPSA) is 23.5 Å². The Morgan fingerprint density at radius 1 is 1.21 bits per heavy atom. The third-order valence-corrected chi connectivity index (χ3v) is 4.11. The number of rotatable bonds is 2. The van der Waals surface area contributed by atoms with Crippen LogP contribution in [0.1, 0.15) is 51.9 Å². The minimum Gasteiger partial charge on any atom is -0.388 e. The van der Waals surface area contributed by atoms with Gasteiger partial charge < -0.3 is 5.11 Å². The Balaban J connectivity index is 2.05. The first-order chi connectivity index (χ1) is 6.76. The highest BCUT2D eigenvalue weighted by molar-refractivity contribution is 4.97. The molecule has 0 bridgehead atoms. The first kappa shape index (κ1) is 10.4. The van der Waals surface area contributed by atoms with E-state index in [1.807, 2.05) is 0 Å². The van der Waals surface area contributed by atoms with Crippen molar-refractivity contribution in [3.8, 4) is 0 Å². The van der Waals surface area contributed by atoms with Crippen LogP contribution >= 0.6 is 0 Å². The number of nitrogens with zero attached hydrogens (tertiary/aromatic N) is 1. The zero-order chi connectivity index (χ0) is 10.0. The minimum absolute atomic E-state index is 0.337. The Kier molecular flexibility index (Phi) is 3.13. The number of likely N-dealkylation sites (N-methyl/N-ethyl adjacent to an activating group) is 1. The van der Waals surface area contributed by atoms with Gasteiger partial charge in [0, 0.05) is 6.04 Å². The normalized spacial score (nSPS) is 33.4. The van der Waals surface area contributed by atoms with Crippen LogP contribution in [0.3, 0.4) is 0 Å². The maximum absolute atomic E-state index is 10.6. The highest BCUT2D eigenvalue weighted by Crippen LogP contribution is 2.38. The lowest BCUT2D eigenvalue weighted by molar-refractivity contribution is -0.0559. The first-order valence-corrected chi connectivity index (χ1v) is 6.23. The number of hydrogen-bond acceptors (Lipinski definition) is 2. The van der Waals surface area contributed by atoms with Crippen LogP contribution in [0.25, 0.3) is 0 Å². The molecule has 0 radical (unpaired) electrons. The van der Waals surface area contributed by atoms with Crippen molar-refractivity contribution in [3.63, 3.8) is 0 Å². The molecule has 2 fully saturated rings. The first-order valence-electron chi connectivity index (χ1n) is 6.23. The average Bonchev–Trinajstić information content (AvgIpc) is 2.66. The molecule has 2 heteroatoms. The van der Waals surface area contributed by atoms with E-state index in [2.05, 4.69) is 11.8 Å². The van der Waals surface area contributed by atoms with Crippen molar-refractivity contribution in [1.82, 2.24) is 4.90 Å². The lowest BCUT2D eigenvalue weighted by atomic mass is 9.85. The van der Waals surface area contributed by atoms with Gasteiger partial charge in [-0.15, -0.1) is 0 Å². The van der Waals surface area contributed by atoms with E-state index in [0.29, 0.717) is 6.04 Å². The predicted molar refractivity (Wildman–Crippen MR) is 58.3 cm³/mol. The van der Waals surface area contributed by atoms with Crippen LogP contribution in [0, 0.1) is 0 Å². The Hall–Kier alpha value is -0.0800. The molecule has 1 heterocycles. The van der Waals surface area contributed by atoms with Gasteiger partial charge >= 0.3 is 0 Å². The van der Waals surface area contributed by atoms with E-state index in [-0.39, 0.29) is 5.60 Å². The van der Waals surface area contributed by atoms with E-state index >= 15 is 0 Å². The van der Waals surface area contributed by atoms with Gasteiger partial charge in [0.1, 0.15) is 0 Å². The molecule has 1 unspecified atom stereocenters. The standard InChI is InChI=1S/C12H23NO/c1-2-13-10-6-3-7-11(13)12(14)8-4-5-9-12/h11,14H,2-10H2,1H3. The summed E-state index contributed by atoms with van der Waals surface area (Å²) in [4.78, 5) is 2.49. The molecule has 0 aromatic rings. The molecule has 0 aromatic carbocycles. The van der Waals surface area contributed by atoms with E-state index in [1.54, 1.807) is 0 Å². The lowest BCUT2D eigenvalue weighted by Gasteiger charge is -2.43. The van der Waals surface area contributed by atoms with Gasteiger partial charge in [-0.05, 0) is 38.8 Å². The molecule has 0 spiro atoms. The minimum atomic E-state index is -0.337. The number of likely N-dealkylation sites (tertiary alicyclic amines) is 1. The molecule has 1 atom stereocenters. The summed E-state index contributed by atoms with van der Waals surface area (Å²) < 4.78 is 0. The molecule has 1 saturated heterocycles. The van der Waals surface area contributed by atoms with Gasteiger partial charge in [0.2, 0.25) is 0 Å². The van der Waals surface area contributed by atoms with Crippen molar-refractivity contribution in [2.45, 2.75) is 63.5 Å². The smallest absolute Gasteiger partial charge is 0.0802 e. The molecule has 2 aliphatic rings. The molecule has 0 amide bonds. The second kappa shape index (κ2) is 4.19. The van der Waals surface area contributed by atoms with Gasteiger partial charge in [0.25, 0.3) is 0 Å².